The summed E-state index contributed by atoms with van der Waals surface area (Å²) in [6.07, 6.45) is 1.72. The standard InChI is InChI=1S/C20H21N3O3S/c1-13(2)26-16-8-5-14(6-9-16)19-22-17(12-27-19)20(24)23(3)15-7-10-18(25-4)21-11-15/h5-13H,1-4H3. The summed E-state index contributed by atoms with van der Waals surface area (Å²) in [5.74, 6) is 1.12. The van der Waals surface area contributed by atoms with Crippen molar-refractivity contribution in [2.45, 2.75) is 20.0 Å². The number of methoxy groups -OCH3 is 1. The van der Waals surface area contributed by atoms with Gasteiger partial charge in [-0.15, -0.1) is 11.3 Å². The Kier molecular flexibility index (Phi) is 5.71. The molecular weight excluding hydrogens is 362 g/mol. The fourth-order valence-corrected chi connectivity index (χ4v) is 3.23. The highest BCUT2D eigenvalue weighted by atomic mass is 32.1. The predicted octanol–water partition coefficient (Wildman–Crippen LogP) is 4.28. The van der Waals surface area contributed by atoms with Gasteiger partial charge in [-0.1, -0.05) is 0 Å². The Bertz CT molecular complexity index is 905. The lowest BCUT2D eigenvalue weighted by atomic mass is 10.2. The summed E-state index contributed by atoms with van der Waals surface area (Å²) in [5, 5.41) is 2.56. The molecule has 1 amide bonds. The van der Waals surface area contributed by atoms with Crippen LogP contribution in [-0.4, -0.2) is 36.1 Å². The van der Waals surface area contributed by atoms with Crippen LogP contribution in [0, 0.1) is 0 Å². The number of hydrogen-bond donors (Lipinski definition) is 0. The Morgan fingerprint density at radius 3 is 2.48 bits per heavy atom. The number of carbonyl (C=O) groups excluding carboxylic acids is 1. The van der Waals surface area contributed by atoms with Crippen LogP contribution in [0.15, 0.2) is 48.0 Å². The second-order valence-electron chi connectivity index (χ2n) is 6.15. The average Bonchev–Trinajstić information content (AvgIpc) is 3.17. The first-order chi connectivity index (χ1) is 13.0. The number of hydrogen-bond acceptors (Lipinski definition) is 6. The van der Waals surface area contributed by atoms with Crippen LogP contribution in [0.25, 0.3) is 10.6 Å². The molecule has 140 valence electrons. The van der Waals surface area contributed by atoms with Crippen molar-refractivity contribution in [3.8, 4) is 22.2 Å². The van der Waals surface area contributed by atoms with Crippen molar-refractivity contribution in [1.29, 1.82) is 0 Å². The number of carbonyl (C=O) groups is 1. The molecule has 0 saturated carbocycles. The number of aromatic nitrogens is 2. The molecule has 3 aromatic rings. The lowest BCUT2D eigenvalue weighted by molar-refractivity contribution is 0.0989. The fourth-order valence-electron chi connectivity index (χ4n) is 2.43. The van der Waals surface area contributed by atoms with Crippen LogP contribution in [0.2, 0.25) is 0 Å². The molecule has 0 aliphatic rings. The van der Waals surface area contributed by atoms with Gasteiger partial charge in [0.25, 0.3) is 5.91 Å². The minimum atomic E-state index is -0.191. The van der Waals surface area contributed by atoms with Crippen LogP contribution in [0.1, 0.15) is 24.3 Å². The van der Waals surface area contributed by atoms with Crippen LogP contribution in [-0.2, 0) is 0 Å². The number of thiazole rings is 1. The summed E-state index contributed by atoms with van der Waals surface area (Å²) >= 11 is 1.43. The molecule has 0 spiro atoms. The van der Waals surface area contributed by atoms with Gasteiger partial charge in [0.05, 0.1) is 25.1 Å². The van der Waals surface area contributed by atoms with Gasteiger partial charge in [-0.05, 0) is 44.2 Å². The smallest absolute Gasteiger partial charge is 0.277 e. The summed E-state index contributed by atoms with van der Waals surface area (Å²) in [5.41, 5.74) is 2.02. The highest BCUT2D eigenvalue weighted by Gasteiger charge is 2.18. The van der Waals surface area contributed by atoms with Gasteiger partial charge in [-0.25, -0.2) is 9.97 Å². The van der Waals surface area contributed by atoms with Crippen LogP contribution >= 0.6 is 11.3 Å². The van der Waals surface area contributed by atoms with Crippen LogP contribution in [0.4, 0.5) is 5.69 Å². The molecule has 7 heteroatoms. The van der Waals surface area contributed by atoms with E-state index in [2.05, 4.69) is 9.97 Å². The van der Waals surface area contributed by atoms with Gasteiger partial charge in [0, 0.05) is 24.1 Å². The maximum atomic E-state index is 12.7. The maximum absolute atomic E-state index is 12.7. The minimum Gasteiger partial charge on any atom is -0.491 e. The lowest BCUT2D eigenvalue weighted by Crippen LogP contribution is -2.26. The molecule has 1 aromatic carbocycles. The summed E-state index contributed by atoms with van der Waals surface area (Å²) in [6.45, 7) is 3.98. The first-order valence-corrected chi connectivity index (χ1v) is 9.36. The zero-order valence-corrected chi connectivity index (χ0v) is 16.5. The van der Waals surface area contributed by atoms with Gasteiger partial charge in [-0.3, -0.25) is 4.79 Å². The number of pyridine rings is 1. The van der Waals surface area contributed by atoms with E-state index in [1.165, 1.54) is 16.2 Å². The van der Waals surface area contributed by atoms with Crippen molar-refractivity contribution in [3.63, 3.8) is 0 Å². The van der Waals surface area contributed by atoms with Crippen LogP contribution < -0.4 is 14.4 Å². The highest BCUT2D eigenvalue weighted by molar-refractivity contribution is 7.13. The third-order valence-electron chi connectivity index (χ3n) is 3.82. The molecule has 0 saturated heterocycles. The van der Waals surface area contributed by atoms with Crippen molar-refractivity contribution in [3.05, 3.63) is 53.7 Å². The van der Waals surface area contributed by atoms with Gasteiger partial charge < -0.3 is 14.4 Å². The first kappa shape index (κ1) is 18.8. The van der Waals surface area contributed by atoms with E-state index in [1.54, 1.807) is 37.9 Å². The Balaban J connectivity index is 1.74. The van der Waals surface area contributed by atoms with Crippen LogP contribution in [0.5, 0.6) is 11.6 Å². The van der Waals surface area contributed by atoms with E-state index in [-0.39, 0.29) is 12.0 Å². The van der Waals surface area contributed by atoms with E-state index in [0.717, 1.165) is 16.3 Å². The summed E-state index contributed by atoms with van der Waals surface area (Å²) in [7, 11) is 3.25. The Morgan fingerprint density at radius 1 is 1.15 bits per heavy atom. The summed E-state index contributed by atoms with van der Waals surface area (Å²) < 4.78 is 10.7. The number of nitrogens with zero attached hydrogens (tertiary/aromatic N) is 3. The molecule has 27 heavy (non-hydrogen) atoms. The van der Waals surface area contributed by atoms with Gasteiger partial charge >= 0.3 is 0 Å². The molecule has 0 atom stereocenters. The molecule has 0 radical (unpaired) electrons. The quantitative estimate of drug-likeness (QED) is 0.636. The van der Waals surface area contributed by atoms with Crippen molar-refractivity contribution in [1.82, 2.24) is 9.97 Å². The Labute approximate surface area is 162 Å². The van der Waals surface area contributed by atoms with Crippen LogP contribution in [0.3, 0.4) is 0 Å². The molecule has 3 rings (SSSR count). The van der Waals surface area contributed by atoms with E-state index < -0.39 is 0 Å². The third kappa shape index (κ3) is 4.43. The van der Waals surface area contributed by atoms with E-state index in [1.807, 2.05) is 38.1 Å². The monoisotopic (exact) mass is 383 g/mol. The second kappa shape index (κ2) is 8.18. The van der Waals surface area contributed by atoms with Gasteiger partial charge in [-0.2, -0.15) is 0 Å². The van der Waals surface area contributed by atoms with Crippen molar-refractivity contribution in [2.24, 2.45) is 0 Å². The van der Waals surface area contributed by atoms with E-state index in [4.69, 9.17) is 9.47 Å². The largest absolute Gasteiger partial charge is 0.491 e. The molecule has 0 aliphatic heterocycles. The number of ether oxygens (including phenoxy) is 2. The molecule has 6 nitrogen and oxygen atoms in total. The highest BCUT2D eigenvalue weighted by Crippen LogP contribution is 2.27. The lowest BCUT2D eigenvalue weighted by Gasteiger charge is -2.15. The zero-order chi connectivity index (χ0) is 19.4. The Morgan fingerprint density at radius 2 is 1.89 bits per heavy atom. The summed E-state index contributed by atoms with van der Waals surface area (Å²) in [4.78, 5) is 22.9. The predicted molar refractivity (Wildman–Crippen MR) is 107 cm³/mol. The normalized spacial score (nSPS) is 10.7. The molecular formula is C20H21N3O3S. The summed E-state index contributed by atoms with van der Waals surface area (Å²) in [6, 6.07) is 11.2. The number of benzene rings is 1. The molecule has 0 unspecified atom stereocenters. The number of anilines is 1. The average molecular weight is 383 g/mol. The molecule has 2 aromatic heterocycles. The number of rotatable bonds is 6. The van der Waals surface area contributed by atoms with Crippen molar-refractivity contribution >= 4 is 22.9 Å². The maximum Gasteiger partial charge on any atom is 0.277 e. The van der Waals surface area contributed by atoms with E-state index >= 15 is 0 Å². The molecule has 0 aliphatic carbocycles. The van der Waals surface area contributed by atoms with Crippen molar-refractivity contribution < 1.29 is 14.3 Å². The Hall–Kier alpha value is -2.93. The molecule has 2 heterocycles. The van der Waals surface area contributed by atoms with E-state index in [9.17, 15) is 4.79 Å². The topological polar surface area (TPSA) is 64.5 Å². The number of amides is 1. The van der Waals surface area contributed by atoms with Crippen molar-refractivity contribution in [2.75, 3.05) is 19.1 Å². The molecule has 0 N–H and O–H groups in total. The molecule has 0 fully saturated rings. The SMILES string of the molecule is COc1ccc(N(C)C(=O)c2csc(-c3ccc(OC(C)C)cc3)n2)cn1. The van der Waals surface area contributed by atoms with Gasteiger partial charge in [0.15, 0.2) is 0 Å². The molecule has 0 bridgehead atoms. The first-order valence-electron chi connectivity index (χ1n) is 8.48. The van der Waals surface area contributed by atoms with E-state index in [0.29, 0.717) is 17.3 Å². The van der Waals surface area contributed by atoms with Gasteiger partial charge in [0.1, 0.15) is 16.5 Å². The zero-order valence-electron chi connectivity index (χ0n) is 15.7. The third-order valence-corrected chi connectivity index (χ3v) is 4.71. The van der Waals surface area contributed by atoms with Gasteiger partial charge in [0.2, 0.25) is 5.88 Å². The minimum absolute atomic E-state index is 0.128. The second-order valence-corrected chi connectivity index (χ2v) is 7.01. The fraction of sp³-hybridized carbons (Fsp3) is 0.250.